The maximum absolute atomic E-state index is 13.5. The average Bonchev–Trinajstić information content (AvgIpc) is 2.86. The summed E-state index contributed by atoms with van der Waals surface area (Å²) < 4.78 is 50.9. The molecular formula is C13H15Cl2F3N2O2. The lowest BCUT2D eigenvalue weighted by atomic mass is 10.0. The molecular weight excluding hydrogens is 344 g/mol. The standard InChI is InChI=1S/C13H14ClF3N2O2.ClH/c14-9-6-11-10(20-7-21-11)5-8(9)12(13(15,16)17)19-3-1-18-2-4-19;/h5-6,12,18H,1-4,7H2;1H/t12-;/m0./s1. The molecule has 1 atom stereocenters. The zero-order valence-electron chi connectivity index (χ0n) is 11.5. The van der Waals surface area contributed by atoms with E-state index < -0.39 is 12.2 Å². The second-order valence-electron chi connectivity index (χ2n) is 4.96. The first-order valence-corrected chi connectivity index (χ1v) is 6.95. The fraction of sp³-hybridized carbons (Fsp3) is 0.538. The Kier molecular flexibility index (Phi) is 5.32. The molecule has 1 fully saturated rings. The highest BCUT2D eigenvalue weighted by molar-refractivity contribution is 6.31. The van der Waals surface area contributed by atoms with Crippen LogP contribution in [0.1, 0.15) is 11.6 Å². The summed E-state index contributed by atoms with van der Waals surface area (Å²) in [6.07, 6.45) is -4.41. The summed E-state index contributed by atoms with van der Waals surface area (Å²) in [5, 5.41) is 3.08. The van der Waals surface area contributed by atoms with Crippen LogP contribution in [0.2, 0.25) is 5.02 Å². The van der Waals surface area contributed by atoms with Crippen molar-refractivity contribution in [1.82, 2.24) is 10.2 Å². The third-order valence-electron chi connectivity index (χ3n) is 3.61. The molecule has 3 rings (SSSR count). The summed E-state index contributed by atoms with van der Waals surface area (Å²) in [6.45, 7) is 1.67. The molecule has 124 valence electrons. The molecule has 1 saturated heterocycles. The lowest BCUT2D eigenvalue weighted by molar-refractivity contribution is -0.187. The number of nitrogens with one attached hydrogen (secondary N) is 1. The van der Waals surface area contributed by atoms with E-state index in [9.17, 15) is 13.2 Å². The van der Waals surface area contributed by atoms with Gasteiger partial charge in [-0.2, -0.15) is 13.2 Å². The maximum atomic E-state index is 13.5. The Hall–Kier alpha value is -0.890. The molecule has 0 saturated carbocycles. The van der Waals surface area contributed by atoms with E-state index in [2.05, 4.69) is 5.32 Å². The van der Waals surface area contributed by atoms with Crippen LogP contribution in [-0.4, -0.2) is 44.0 Å². The summed E-state index contributed by atoms with van der Waals surface area (Å²) in [5.41, 5.74) is 0.00955. The predicted molar refractivity (Wildman–Crippen MR) is 78.1 cm³/mol. The van der Waals surface area contributed by atoms with Crippen LogP contribution in [0, 0.1) is 0 Å². The molecule has 4 nitrogen and oxygen atoms in total. The molecule has 2 aliphatic heterocycles. The average molecular weight is 359 g/mol. The van der Waals surface area contributed by atoms with E-state index in [1.54, 1.807) is 0 Å². The minimum Gasteiger partial charge on any atom is -0.454 e. The molecule has 0 spiro atoms. The predicted octanol–water partition coefficient (Wildman–Crippen LogP) is 3.00. The van der Waals surface area contributed by atoms with Gasteiger partial charge >= 0.3 is 6.18 Å². The molecule has 22 heavy (non-hydrogen) atoms. The number of piperazine rings is 1. The number of benzene rings is 1. The summed E-state index contributed by atoms with van der Waals surface area (Å²) in [7, 11) is 0. The van der Waals surface area contributed by atoms with Gasteiger partial charge in [0.25, 0.3) is 0 Å². The van der Waals surface area contributed by atoms with Crippen molar-refractivity contribution >= 4 is 24.0 Å². The van der Waals surface area contributed by atoms with Gasteiger partial charge in [0, 0.05) is 42.8 Å². The number of ether oxygens (including phenoxy) is 2. The monoisotopic (exact) mass is 358 g/mol. The van der Waals surface area contributed by atoms with E-state index in [0.29, 0.717) is 37.7 Å². The van der Waals surface area contributed by atoms with Crippen LogP contribution in [0.25, 0.3) is 0 Å². The molecule has 0 aromatic heterocycles. The summed E-state index contributed by atoms with van der Waals surface area (Å²) in [4.78, 5) is 1.39. The van der Waals surface area contributed by atoms with E-state index in [-0.39, 0.29) is 29.8 Å². The Balaban J connectivity index is 0.00000176. The number of nitrogens with zero attached hydrogens (tertiary/aromatic N) is 1. The van der Waals surface area contributed by atoms with Crippen LogP contribution in [0.3, 0.4) is 0 Å². The largest absolute Gasteiger partial charge is 0.454 e. The van der Waals surface area contributed by atoms with E-state index in [1.165, 1.54) is 17.0 Å². The van der Waals surface area contributed by atoms with Crippen LogP contribution < -0.4 is 14.8 Å². The number of fused-ring (bicyclic) bond motifs is 1. The minimum absolute atomic E-state index is 0. The van der Waals surface area contributed by atoms with Gasteiger partial charge in [0.1, 0.15) is 6.04 Å². The van der Waals surface area contributed by atoms with Crippen molar-refractivity contribution in [2.75, 3.05) is 33.0 Å². The summed E-state index contributed by atoms with van der Waals surface area (Å²) >= 11 is 6.05. The van der Waals surface area contributed by atoms with Crippen LogP contribution >= 0.6 is 24.0 Å². The topological polar surface area (TPSA) is 33.7 Å². The van der Waals surface area contributed by atoms with Crippen molar-refractivity contribution in [2.45, 2.75) is 12.2 Å². The van der Waals surface area contributed by atoms with Crippen molar-refractivity contribution in [2.24, 2.45) is 0 Å². The fourth-order valence-corrected chi connectivity index (χ4v) is 2.92. The highest BCUT2D eigenvalue weighted by Crippen LogP contribution is 2.45. The van der Waals surface area contributed by atoms with Gasteiger partial charge in [-0.05, 0) is 6.07 Å². The molecule has 0 aliphatic carbocycles. The van der Waals surface area contributed by atoms with Crippen LogP contribution in [0.5, 0.6) is 11.5 Å². The fourth-order valence-electron chi connectivity index (χ4n) is 2.66. The number of halogens is 5. The molecule has 0 unspecified atom stereocenters. The third-order valence-corrected chi connectivity index (χ3v) is 3.94. The van der Waals surface area contributed by atoms with Gasteiger partial charge in [0.2, 0.25) is 6.79 Å². The van der Waals surface area contributed by atoms with Crippen molar-refractivity contribution in [3.8, 4) is 11.5 Å². The molecule has 0 bridgehead atoms. The second-order valence-corrected chi connectivity index (χ2v) is 5.36. The van der Waals surface area contributed by atoms with Crippen LogP contribution in [0.4, 0.5) is 13.2 Å². The minimum atomic E-state index is -4.41. The Labute approximate surface area is 136 Å². The molecule has 0 amide bonds. The second kappa shape index (κ2) is 6.70. The van der Waals surface area contributed by atoms with Crippen molar-refractivity contribution in [3.05, 3.63) is 22.7 Å². The lowest BCUT2D eigenvalue weighted by Gasteiger charge is -2.36. The normalized spacial score (nSPS) is 19.6. The van der Waals surface area contributed by atoms with E-state index >= 15 is 0 Å². The molecule has 2 heterocycles. The Morgan fingerprint density at radius 3 is 2.32 bits per heavy atom. The SMILES string of the molecule is Cl.FC(F)(F)[C@H](c1cc2c(cc1Cl)OCO2)N1CCNCC1. The summed E-state index contributed by atoms with van der Waals surface area (Å²) in [6, 6.07) is 0.993. The highest BCUT2D eigenvalue weighted by atomic mass is 35.5. The van der Waals surface area contributed by atoms with Gasteiger partial charge in [-0.1, -0.05) is 11.6 Å². The summed E-state index contributed by atoms with van der Waals surface area (Å²) in [5.74, 6) is 0.684. The van der Waals surface area contributed by atoms with E-state index in [1.807, 2.05) is 0 Å². The number of alkyl halides is 3. The van der Waals surface area contributed by atoms with Crippen molar-refractivity contribution in [3.63, 3.8) is 0 Å². The lowest BCUT2D eigenvalue weighted by Crippen LogP contribution is -2.49. The van der Waals surface area contributed by atoms with E-state index in [0.717, 1.165) is 0 Å². The first-order valence-electron chi connectivity index (χ1n) is 6.57. The Bertz CT molecular complexity index is 537. The van der Waals surface area contributed by atoms with Crippen molar-refractivity contribution < 1.29 is 22.6 Å². The molecule has 0 radical (unpaired) electrons. The van der Waals surface area contributed by atoms with Crippen LogP contribution in [0.15, 0.2) is 12.1 Å². The van der Waals surface area contributed by atoms with Gasteiger partial charge in [0.15, 0.2) is 11.5 Å². The van der Waals surface area contributed by atoms with Crippen LogP contribution in [-0.2, 0) is 0 Å². The molecule has 1 aromatic carbocycles. The number of rotatable bonds is 2. The zero-order chi connectivity index (χ0) is 15.0. The Morgan fingerprint density at radius 1 is 1.14 bits per heavy atom. The first-order chi connectivity index (χ1) is 9.97. The quantitative estimate of drug-likeness (QED) is 0.881. The van der Waals surface area contributed by atoms with Crippen molar-refractivity contribution in [1.29, 1.82) is 0 Å². The van der Waals surface area contributed by atoms with Gasteiger partial charge in [-0.15, -0.1) is 12.4 Å². The maximum Gasteiger partial charge on any atom is 0.408 e. The first kappa shape index (κ1) is 17.5. The van der Waals surface area contributed by atoms with Gasteiger partial charge in [-0.3, -0.25) is 4.90 Å². The van der Waals surface area contributed by atoms with Gasteiger partial charge in [-0.25, -0.2) is 0 Å². The molecule has 1 N–H and O–H groups in total. The smallest absolute Gasteiger partial charge is 0.408 e. The van der Waals surface area contributed by atoms with E-state index in [4.69, 9.17) is 21.1 Å². The number of hydrogen-bond acceptors (Lipinski definition) is 4. The molecule has 1 aromatic rings. The zero-order valence-corrected chi connectivity index (χ0v) is 13.0. The highest BCUT2D eigenvalue weighted by Gasteiger charge is 2.46. The van der Waals surface area contributed by atoms with Gasteiger partial charge < -0.3 is 14.8 Å². The molecule has 2 aliphatic rings. The number of hydrogen-bond donors (Lipinski definition) is 1. The third kappa shape index (κ3) is 3.37. The Morgan fingerprint density at radius 2 is 1.73 bits per heavy atom. The molecule has 9 heteroatoms. The van der Waals surface area contributed by atoms with Gasteiger partial charge in [0.05, 0.1) is 0 Å².